The molecule has 2 N–H and O–H groups in total. The highest BCUT2D eigenvalue weighted by molar-refractivity contribution is 6.43. The third kappa shape index (κ3) is 6.37. The summed E-state index contributed by atoms with van der Waals surface area (Å²) in [6.07, 6.45) is 5.16. The first-order valence-corrected chi connectivity index (χ1v) is 7.41. The van der Waals surface area contributed by atoms with Gasteiger partial charge in [0.15, 0.2) is 0 Å². The maximum Gasteiger partial charge on any atom is 0.226 e. The maximum absolute atomic E-state index is 11.9. The van der Waals surface area contributed by atoms with Gasteiger partial charge in [-0.1, -0.05) is 62.7 Å². The van der Waals surface area contributed by atoms with Gasteiger partial charge in [-0.15, -0.1) is 0 Å². The van der Waals surface area contributed by atoms with Gasteiger partial charge in [0.05, 0.1) is 0 Å². The van der Waals surface area contributed by atoms with Crippen LogP contribution in [0.5, 0.6) is 0 Å². The molecule has 0 heterocycles. The average molecular weight is 299 g/mol. The van der Waals surface area contributed by atoms with Crippen molar-refractivity contribution in [2.75, 3.05) is 0 Å². The fourth-order valence-electron chi connectivity index (χ4n) is 1.74. The number of carbonyl (C=O) groups excluding carboxylic acids is 1. The average Bonchev–Trinajstić information content (AvgIpc) is 2.28. The summed E-state index contributed by atoms with van der Waals surface area (Å²) in [4.78, 5) is 11.9. The summed E-state index contributed by atoms with van der Waals surface area (Å²) in [5, 5.41) is 15.6. The second kappa shape index (κ2) is 8.36. The van der Waals surface area contributed by atoms with Crippen molar-refractivity contribution in [1.29, 1.82) is 0 Å². The summed E-state index contributed by atoms with van der Waals surface area (Å²) < 4.78 is 0. The SMILES string of the molecule is CCCCCC(O)(Cl)C(=O)C(O)(Cl)CCCCC. The molecule has 0 aromatic carbocycles. The van der Waals surface area contributed by atoms with Crippen molar-refractivity contribution >= 4 is 29.0 Å². The smallest absolute Gasteiger partial charge is 0.226 e. The molecule has 2 unspecified atom stereocenters. The van der Waals surface area contributed by atoms with E-state index in [0.717, 1.165) is 25.7 Å². The van der Waals surface area contributed by atoms with E-state index in [1.54, 1.807) is 0 Å². The van der Waals surface area contributed by atoms with Gasteiger partial charge in [0.1, 0.15) is 0 Å². The van der Waals surface area contributed by atoms with E-state index >= 15 is 0 Å². The van der Waals surface area contributed by atoms with Crippen LogP contribution in [0.3, 0.4) is 0 Å². The lowest BCUT2D eigenvalue weighted by atomic mass is 9.98. The fraction of sp³-hybridized carbons (Fsp3) is 0.923. The van der Waals surface area contributed by atoms with Crippen LogP contribution in [0.1, 0.15) is 65.2 Å². The Morgan fingerprint density at radius 2 is 1.22 bits per heavy atom. The minimum atomic E-state index is -2.06. The van der Waals surface area contributed by atoms with Crippen LogP contribution < -0.4 is 0 Å². The minimum absolute atomic E-state index is 0.115. The van der Waals surface area contributed by atoms with Gasteiger partial charge in [-0.3, -0.25) is 4.79 Å². The molecule has 0 spiro atoms. The van der Waals surface area contributed by atoms with Crippen LogP contribution in [0.2, 0.25) is 0 Å². The molecular formula is C13H24Cl2O3. The zero-order valence-electron chi connectivity index (χ0n) is 11.2. The number of carbonyl (C=O) groups is 1. The van der Waals surface area contributed by atoms with E-state index in [0.29, 0.717) is 12.8 Å². The number of ketones is 1. The lowest BCUT2D eigenvalue weighted by molar-refractivity contribution is -0.143. The van der Waals surface area contributed by atoms with Gasteiger partial charge < -0.3 is 10.2 Å². The molecule has 108 valence electrons. The van der Waals surface area contributed by atoms with Crippen LogP contribution >= 0.6 is 23.2 Å². The van der Waals surface area contributed by atoms with Gasteiger partial charge in [-0.25, -0.2) is 0 Å². The van der Waals surface area contributed by atoms with Crippen LogP contribution in [-0.4, -0.2) is 26.1 Å². The molecule has 0 radical (unpaired) electrons. The molecular weight excluding hydrogens is 275 g/mol. The second-order valence-electron chi connectivity index (χ2n) is 4.76. The number of unbranched alkanes of at least 4 members (excludes halogenated alkanes) is 4. The van der Waals surface area contributed by atoms with Crippen LogP contribution in [0.4, 0.5) is 0 Å². The number of hydrogen-bond acceptors (Lipinski definition) is 3. The van der Waals surface area contributed by atoms with E-state index in [1.807, 2.05) is 13.8 Å². The lowest BCUT2D eigenvalue weighted by Gasteiger charge is -2.27. The topological polar surface area (TPSA) is 57.5 Å². The van der Waals surface area contributed by atoms with Crippen LogP contribution in [-0.2, 0) is 4.79 Å². The van der Waals surface area contributed by atoms with Crippen LogP contribution in [0.15, 0.2) is 0 Å². The van der Waals surface area contributed by atoms with E-state index in [1.165, 1.54) is 0 Å². The van der Waals surface area contributed by atoms with E-state index in [-0.39, 0.29) is 12.8 Å². The summed E-state index contributed by atoms with van der Waals surface area (Å²) in [5.74, 6) is -0.898. The molecule has 0 aliphatic heterocycles. The number of alkyl halides is 2. The molecule has 0 saturated heterocycles. The standard InChI is InChI=1S/C13H24Cl2O3/c1-3-5-7-9-12(14,17)11(16)13(15,18)10-8-6-4-2/h17-18H,3-10H2,1-2H3. The Kier molecular flexibility index (Phi) is 8.44. The highest BCUT2D eigenvalue weighted by atomic mass is 35.5. The number of aliphatic hydroxyl groups is 2. The quantitative estimate of drug-likeness (QED) is 0.479. The van der Waals surface area contributed by atoms with Gasteiger partial charge in [0, 0.05) is 0 Å². The van der Waals surface area contributed by atoms with Crippen molar-refractivity contribution in [3.63, 3.8) is 0 Å². The van der Waals surface area contributed by atoms with Gasteiger partial charge in [0.25, 0.3) is 0 Å². The molecule has 0 aliphatic carbocycles. The van der Waals surface area contributed by atoms with E-state index in [4.69, 9.17) is 23.2 Å². The third-order valence-corrected chi connectivity index (χ3v) is 3.64. The number of hydrogen-bond donors (Lipinski definition) is 2. The predicted octanol–water partition coefficient (Wildman–Crippen LogP) is 3.57. The highest BCUT2D eigenvalue weighted by Gasteiger charge is 2.45. The molecule has 0 bridgehead atoms. The van der Waals surface area contributed by atoms with Gasteiger partial charge in [-0.2, -0.15) is 0 Å². The molecule has 0 rings (SSSR count). The fourth-order valence-corrected chi connectivity index (χ4v) is 2.37. The zero-order chi connectivity index (χ0) is 14.2. The van der Waals surface area contributed by atoms with E-state index in [2.05, 4.69) is 0 Å². The molecule has 5 heteroatoms. The second-order valence-corrected chi connectivity index (χ2v) is 6.01. The van der Waals surface area contributed by atoms with Crippen molar-refractivity contribution in [1.82, 2.24) is 0 Å². The lowest BCUT2D eigenvalue weighted by Crippen LogP contribution is -2.46. The number of rotatable bonds is 10. The minimum Gasteiger partial charge on any atom is -0.368 e. The van der Waals surface area contributed by atoms with E-state index < -0.39 is 15.9 Å². The molecule has 0 saturated carbocycles. The maximum atomic E-state index is 11.9. The normalized spacial score (nSPS) is 18.1. The first-order valence-electron chi connectivity index (χ1n) is 6.65. The Hall–Kier alpha value is 0.170. The van der Waals surface area contributed by atoms with Crippen molar-refractivity contribution < 1.29 is 15.0 Å². The monoisotopic (exact) mass is 298 g/mol. The molecule has 0 amide bonds. The molecule has 0 aromatic rings. The summed E-state index contributed by atoms with van der Waals surface area (Å²) >= 11 is 11.6. The molecule has 18 heavy (non-hydrogen) atoms. The van der Waals surface area contributed by atoms with Gasteiger partial charge in [-0.05, 0) is 25.7 Å². The molecule has 2 atom stereocenters. The highest BCUT2D eigenvalue weighted by Crippen LogP contribution is 2.31. The van der Waals surface area contributed by atoms with Crippen LogP contribution in [0.25, 0.3) is 0 Å². The largest absolute Gasteiger partial charge is 0.368 e. The molecule has 0 aromatic heterocycles. The summed E-state index contributed by atoms with van der Waals surface area (Å²) in [6.45, 7) is 4.02. The Bertz CT molecular complexity index is 229. The third-order valence-electron chi connectivity index (χ3n) is 2.92. The van der Waals surface area contributed by atoms with Crippen molar-refractivity contribution in [2.24, 2.45) is 0 Å². The van der Waals surface area contributed by atoms with Crippen molar-refractivity contribution in [3.05, 3.63) is 0 Å². The Morgan fingerprint density at radius 3 is 1.50 bits per heavy atom. The number of Topliss-reactive ketones (excluding diaryl/α,β-unsaturated/α-hetero) is 1. The van der Waals surface area contributed by atoms with Gasteiger partial charge in [0.2, 0.25) is 15.9 Å². The Labute approximate surface area is 119 Å². The van der Waals surface area contributed by atoms with Crippen LogP contribution in [0, 0.1) is 0 Å². The molecule has 0 fully saturated rings. The predicted molar refractivity (Wildman–Crippen MR) is 74.9 cm³/mol. The Morgan fingerprint density at radius 1 is 0.889 bits per heavy atom. The summed E-state index contributed by atoms with van der Waals surface area (Å²) in [7, 11) is 0. The zero-order valence-corrected chi connectivity index (χ0v) is 12.7. The van der Waals surface area contributed by atoms with E-state index in [9.17, 15) is 15.0 Å². The summed E-state index contributed by atoms with van der Waals surface area (Å²) in [6, 6.07) is 0. The Balaban J connectivity index is 4.38. The first-order chi connectivity index (χ1) is 8.28. The molecule has 0 aliphatic rings. The summed E-state index contributed by atoms with van der Waals surface area (Å²) in [5.41, 5.74) is 0. The van der Waals surface area contributed by atoms with Crippen molar-refractivity contribution in [2.45, 2.75) is 75.3 Å². The molecule has 3 nitrogen and oxygen atoms in total. The number of halogens is 2. The van der Waals surface area contributed by atoms with Gasteiger partial charge >= 0.3 is 0 Å². The first kappa shape index (κ1) is 18.2. The van der Waals surface area contributed by atoms with Crippen molar-refractivity contribution in [3.8, 4) is 0 Å².